The molecule has 0 bridgehead atoms. The predicted molar refractivity (Wildman–Crippen MR) is 319 cm³/mol. The summed E-state index contributed by atoms with van der Waals surface area (Å²) in [5.41, 5.74) is 7.52. The number of halogens is 3. The molecule has 2 saturated heterocycles. The minimum absolute atomic E-state index is 0.0249. The molecule has 5 heterocycles. The van der Waals surface area contributed by atoms with E-state index in [4.69, 9.17) is 9.97 Å². The summed E-state index contributed by atoms with van der Waals surface area (Å²) in [6.45, 7) is 12.0. The molecule has 5 aromatic carbocycles. The number of carbonyl (C=O) groups excluding carboxylic acids is 3. The lowest BCUT2D eigenvalue weighted by Gasteiger charge is -2.42. The van der Waals surface area contributed by atoms with Gasteiger partial charge in [-0.25, -0.2) is 4.98 Å². The lowest BCUT2D eigenvalue weighted by Crippen LogP contribution is -2.55. The molecule has 85 heavy (non-hydrogen) atoms. The largest absolute Gasteiger partial charge is 0.508 e. The summed E-state index contributed by atoms with van der Waals surface area (Å²) in [6, 6.07) is 35.2. The number of nitrogens with zero attached hydrogens (tertiary/aromatic N) is 10. The van der Waals surface area contributed by atoms with Crippen molar-refractivity contribution in [3.05, 3.63) is 155 Å². The van der Waals surface area contributed by atoms with E-state index >= 15 is 0 Å². The number of rotatable bonds is 20. The maximum absolute atomic E-state index is 13.2. The van der Waals surface area contributed by atoms with Crippen LogP contribution in [0.1, 0.15) is 89.6 Å². The van der Waals surface area contributed by atoms with E-state index < -0.39 is 24.5 Å². The number of fused-ring (bicyclic) bond motifs is 2. The summed E-state index contributed by atoms with van der Waals surface area (Å²) in [5.74, 6) is -0.709. The second-order valence-electron chi connectivity index (χ2n) is 22.4. The molecule has 0 radical (unpaired) electrons. The average molecular weight is 1160 g/mol. The van der Waals surface area contributed by atoms with E-state index in [2.05, 4.69) is 109 Å². The number of piperidine rings is 1. The fourth-order valence-electron chi connectivity index (χ4n) is 11.8. The second kappa shape index (κ2) is 26.3. The van der Waals surface area contributed by atoms with Crippen LogP contribution in [0.15, 0.2) is 116 Å². The summed E-state index contributed by atoms with van der Waals surface area (Å²) < 4.78 is 40.7. The highest BCUT2D eigenvalue weighted by Crippen LogP contribution is 2.39. The smallest absolute Gasteiger partial charge is 0.405 e. The molecule has 5 N–H and O–H groups in total. The normalized spacial score (nSPS) is 15.8. The molecule has 0 saturated carbocycles. The van der Waals surface area contributed by atoms with Crippen molar-refractivity contribution < 1.29 is 37.8 Å². The molecular weight excluding hydrogens is 1090 g/mol. The lowest BCUT2D eigenvalue weighted by atomic mass is 9.90. The van der Waals surface area contributed by atoms with Crippen LogP contribution in [0.25, 0.3) is 27.8 Å². The van der Waals surface area contributed by atoms with Crippen molar-refractivity contribution in [2.75, 3.05) is 74.0 Å². The van der Waals surface area contributed by atoms with Crippen molar-refractivity contribution in [3.63, 3.8) is 0 Å². The summed E-state index contributed by atoms with van der Waals surface area (Å²) in [6.07, 6.45) is 1.23. The molecule has 3 amide bonds. The van der Waals surface area contributed by atoms with Gasteiger partial charge in [-0.3, -0.25) is 23.9 Å². The van der Waals surface area contributed by atoms with Crippen LogP contribution in [0, 0.1) is 17.2 Å². The molecule has 442 valence electrons. The first-order chi connectivity index (χ1) is 41.0. The maximum Gasteiger partial charge on any atom is 0.405 e. The molecule has 2 fully saturated rings. The fraction of sp³-hybridized carbons (Fsp3) is 0.375. The number of phenolic OH excluding ortho intramolecular Hbond substituents is 2. The summed E-state index contributed by atoms with van der Waals surface area (Å²) in [4.78, 5) is 57.8. The number of aromatic hydroxyl groups is 2. The molecule has 18 nitrogen and oxygen atoms in total. The highest BCUT2D eigenvalue weighted by Gasteiger charge is 2.34. The number of aromatic nitrogens is 5. The molecule has 2 aromatic heterocycles. The van der Waals surface area contributed by atoms with Crippen molar-refractivity contribution in [2.24, 2.45) is 5.92 Å². The Morgan fingerprint density at radius 2 is 1.58 bits per heavy atom. The zero-order chi connectivity index (χ0) is 59.8. The summed E-state index contributed by atoms with van der Waals surface area (Å²) in [7, 11) is 0. The highest BCUT2D eigenvalue weighted by molar-refractivity contribution is 5.95. The molecule has 7 aromatic rings. The first-order valence-electron chi connectivity index (χ1n) is 29.0. The molecule has 0 spiro atoms. The van der Waals surface area contributed by atoms with Crippen LogP contribution >= 0.6 is 0 Å². The van der Waals surface area contributed by atoms with E-state index in [-0.39, 0.29) is 59.5 Å². The van der Waals surface area contributed by atoms with Crippen molar-refractivity contribution in [1.82, 2.24) is 45.2 Å². The summed E-state index contributed by atoms with van der Waals surface area (Å²) >= 11 is 0. The van der Waals surface area contributed by atoms with E-state index in [0.717, 1.165) is 84.7 Å². The molecular formula is C64H70F3N13O5. The molecule has 3 aliphatic rings. The standard InChI is InChI=1S/C64H70F3N13O5/c1-4-58(84)79-33-32-78(38-48(79)20-26-68)59-50-25-31-77(54-11-7-9-46-8-5-6-10-49(46)54)39-53(50)72-63(73-59)70-28-22-57(83)69-27-21-42-12-14-45(15-13-42)37-76-29-23-44(24-30-76)34-43-16-18-47(19-17-43)80-60(52-35-51(41(2)3)55(81)36-56(52)82)74-75-61(80)62(85)71-40-64(65,66)67/h4-19,35-36,41,44,48,81-82H,1,20-25,27-34,37-40H2,2-3H3,(H,69,83)(H,71,85)(H,70,72,73)/t48-/m1/s1. The Kier molecular flexibility index (Phi) is 18.3. The number of hydrogen-bond acceptors (Lipinski definition) is 14. The average Bonchev–Trinajstić information content (AvgIpc) is 2.38. The van der Waals surface area contributed by atoms with Gasteiger partial charge in [0.2, 0.25) is 23.6 Å². The Labute approximate surface area is 492 Å². The predicted octanol–water partition coefficient (Wildman–Crippen LogP) is 9.00. The third-order valence-electron chi connectivity index (χ3n) is 16.3. The van der Waals surface area contributed by atoms with Gasteiger partial charge < -0.3 is 40.9 Å². The minimum atomic E-state index is -4.65. The summed E-state index contributed by atoms with van der Waals surface area (Å²) in [5, 5.41) is 49.8. The number of hydrogen-bond donors (Lipinski definition) is 5. The number of phenols is 2. The Bertz CT molecular complexity index is 3590. The van der Waals surface area contributed by atoms with Crippen molar-refractivity contribution in [1.29, 1.82) is 5.26 Å². The van der Waals surface area contributed by atoms with Gasteiger partial charge in [-0.2, -0.15) is 23.4 Å². The number of alkyl halides is 3. The van der Waals surface area contributed by atoms with E-state index in [0.29, 0.717) is 75.2 Å². The van der Waals surface area contributed by atoms with Gasteiger partial charge in [-0.15, -0.1) is 10.2 Å². The van der Waals surface area contributed by atoms with Crippen LogP contribution < -0.4 is 25.8 Å². The van der Waals surface area contributed by atoms with E-state index in [1.807, 2.05) is 37.4 Å². The zero-order valence-corrected chi connectivity index (χ0v) is 47.8. The van der Waals surface area contributed by atoms with Gasteiger partial charge in [-0.1, -0.05) is 93.2 Å². The van der Waals surface area contributed by atoms with Crippen molar-refractivity contribution in [2.45, 2.75) is 90.0 Å². The van der Waals surface area contributed by atoms with Crippen LogP contribution in [-0.2, 0) is 41.9 Å². The van der Waals surface area contributed by atoms with Gasteiger partial charge in [0, 0.05) is 80.6 Å². The van der Waals surface area contributed by atoms with Crippen molar-refractivity contribution >= 4 is 45.9 Å². The van der Waals surface area contributed by atoms with Crippen LogP contribution in [0.3, 0.4) is 0 Å². The number of anilines is 3. The van der Waals surface area contributed by atoms with Crippen LogP contribution in [0.2, 0.25) is 0 Å². The fourth-order valence-corrected chi connectivity index (χ4v) is 11.8. The highest BCUT2D eigenvalue weighted by atomic mass is 19.4. The quantitative estimate of drug-likeness (QED) is 0.0450. The van der Waals surface area contributed by atoms with E-state index in [9.17, 15) is 43.0 Å². The van der Waals surface area contributed by atoms with Crippen LogP contribution in [-0.4, -0.2) is 134 Å². The van der Waals surface area contributed by atoms with E-state index in [1.54, 1.807) is 17.0 Å². The third-order valence-corrected chi connectivity index (χ3v) is 16.3. The van der Waals surface area contributed by atoms with Crippen LogP contribution in [0.4, 0.5) is 30.6 Å². The number of likely N-dealkylation sites (tertiary alicyclic amines) is 1. The Morgan fingerprint density at radius 3 is 2.32 bits per heavy atom. The molecule has 3 aliphatic heterocycles. The molecule has 0 unspecified atom stereocenters. The Balaban J connectivity index is 0.701. The molecule has 10 rings (SSSR count). The van der Waals surface area contributed by atoms with Gasteiger partial charge >= 0.3 is 6.18 Å². The van der Waals surface area contributed by atoms with Gasteiger partial charge in [0.1, 0.15) is 23.9 Å². The number of benzene rings is 5. The Morgan fingerprint density at radius 1 is 0.835 bits per heavy atom. The maximum atomic E-state index is 13.2. The molecule has 0 aliphatic carbocycles. The minimum Gasteiger partial charge on any atom is -0.508 e. The van der Waals surface area contributed by atoms with Crippen LogP contribution in [0.5, 0.6) is 11.5 Å². The Hall–Kier alpha value is -9.03. The number of carbonyl (C=O) groups is 3. The number of nitrogens with one attached hydrogen (secondary N) is 3. The molecule has 21 heteroatoms. The number of piperazine rings is 1. The van der Waals surface area contributed by atoms with Crippen molar-refractivity contribution in [3.8, 4) is 34.6 Å². The molecule has 1 atom stereocenters. The third kappa shape index (κ3) is 14.1. The second-order valence-corrected chi connectivity index (χ2v) is 22.4. The van der Waals surface area contributed by atoms with Gasteiger partial charge in [0.25, 0.3) is 5.91 Å². The van der Waals surface area contributed by atoms with E-state index in [1.165, 1.54) is 33.7 Å². The first kappa shape index (κ1) is 59.1. The number of nitriles is 1. The zero-order valence-electron chi connectivity index (χ0n) is 47.8. The van der Waals surface area contributed by atoms with Gasteiger partial charge in [-0.05, 0) is 115 Å². The lowest BCUT2D eigenvalue weighted by molar-refractivity contribution is -0.128. The SMILES string of the molecule is C=CC(=O)N1CCN(c2nc(NCCC(=O)NCCc3ccc(CN4CCC(Cc5ccc(-n6c(C(=O)NCC(F)(F)F)nnc6-c6cc(C(C)C)c(O)cc6O)cc5)CC4)cc3)nc3c2CCN(c2cccc4ccccc24)C3)C[C@H]1CC#N. The monoisotopic (exact) mass is 1160 g/mol. The number of amides is 3. The van der Waals surface area contributed by atoms with Gasteiger partial charge in [0.15, 0.2) is 5.82 Å². The first-order valence-corrected chi connectivity index (χ1v) is 29.0. The topological polar surface area (TPSA) is 221 Å². The van der Waals surface area contributed by atoms with Gasteiger partial charge in [0.05, 0.1) is 36.3 Å².